The maximum absolute atomic E-state index is 13.2. The van der Waals surface area contributed by atoms with Crippen molar-refractivity contribution in [3.63, 3.8) is 0 Å². The molecule has 0 unspecified atom stereocenters. The number of carbonyl (C=O) groups excluding carboxylic acids is 1. The Morgan fingerprint density at radius 2 is 1.97 bits per heavy atom. The zero-order valence-corrected chi connectivity index (χ0v) is 19.5. The standard InChI is InChI=1S/C26H29ClN4O2/c1-33-23-9-4-6-19(12-23)15-29-22-13-25(26(32)30-16-20-7-5-11-28-14-20)31(18-22)17-21-8-2-3-10-24(21)27/h2-12,14,22,25,29H,13,15-18H2,1H3,(H,30,32)/t22-,25-/m0/s1. The first-order valence-electron chi connectivity index (χ1n) is 11.1. The molecule has 1 saturated heterocycles. The number of hydrogen-bond acceptors (Lipinski definition) is 5. The Labute approximate surface area is 199 Å². The first kappa shape index (κ1) is 23.2. The lowest BCUT2D eigenvalue weighted by molar-refractivity contribution is -0.125. The molecule has 4 rings (SSSR count). The lowest BCUT2D eigenvalue weighted by atomic mass is 10.1. The van der Waals surface area contributed by atoms with Gasteiger partial charge in [-0.15, -0.1) is 0 Å². The minimum absolute atomic E-state index is 0.0246. The molecule has 172 valence electrons. The molecule has 0 aliphatic carbocycles. The van der Waals surface area contributed by atoms with E-state index in [1.54, 1.807) is 19.5 Å². The molecule has 33 heavy (non-hydrogen) atoms. The first-order valence-corrected chi connectivity index (χ1v) is 11.5. The predicted molar refractivity (Wildman–Crippen MR) is 130 cm³/mol. The summed E-state index contributed by atoms with van der Waals surface area (Å²) in [5, 5.41) is 7.42. The summed E-state index contributed by atoms with van der Waals surface area (Å²) in [6.45, 7) is 2.57. The molecule has 0 bridgehead atoms. The highest BCUT2D eigenvalue weighted by molar-refractivity contribution is 6.31. The average Bonchev–Trinajstić information content (AvgIpc) is 3.26. The number of methoxy groups -OCH3 is 1. The summed E-state index contributed by atoms with van der Waals surface area (Å²) in [7, 11) is 1.67. The van der Waals surface area contributed by atoms with Gasteiger partial charge in [-0.05, 0) is 47.4 Å². The lowest BCUT2D eigenvalue weighted by Gasteiger charge is -2.24. The Bertz CT molecular complexity index is 1060. The Balaban J connectivity index is 1.42. The molecule has 1 fully saturated rings. The van der Waals surface area contributed by atoms with Crippen molar-refractivity contribution in [1.29, 1.82) is 0 Å². The second kappa shape index (κ2) is 11.3. The first-order chi connectivity index (χ1) is 16.1. The van der Waals surface area contributed by atoms with Crippen LogP contribution in [0.1, 0.15) is 23.1 Å². The van der Waals surface area contributed by atoms with Gasteiger partial charge in [0.05, 0.1) is 13.2 Å². The molecule has 0 radical (unpaired) electrons. The van der Waals surface area contributed by atoms with E-state index in [1.165, 1.54) is 0 Å². The minimum Gasteiger partial charge on any atom is -0.497 e. The number of rotatable bonds is 9. The van der Waals surface area contributed by atoms with Gasteiger partial charge in [0.15, 0.2) is 0 Å². The molecule has 2 heterocycles. The van der Waals surface area contributed by atoms with Crippen LogP contribution in [0.5, 0.6) is 5.75 Å². The molecule has 2 atom stereocenters. The number of likely N-dealkylation sites (tertiary alicyclic amines) is 1. The van der Waals surface area contributed by atoms with Crippen LogP contribution in [0.15, 0.2) is 73.1 Å². The van der Waals surface area contributed by atoms with Gasteiger partial charge in [-0.2, -0.15) is 0 Å². The van der Waals surface area contributed by atoms with E-state index < -0.39 is 0 Å². The number of aromatic nitrogens is 1. The van der Waals surface area contributed by atoms with Gasteiger partial charge in [0.25, 0.3) is 0 Å². The van der Waals surface area contributed by atoms with Crippen LogP contribution < -0.4 is 15.4 Å². The Hall–Kier alpha value is -2.93. The van der Waals surface area contributed by atoms with Crippen molar-refractivity contribution in [3.05, 3.63) is 94.8 Å². The smallest absolute Gasteiger partial charge is 0.237 e. The summed E-state index contributed by atoms with van der Waals surface area (Å²) in [5.41, 5.74) is 3.16. The number of amides is 1. The van der Waals surface area contributed by atoms with E-state index in [1.807, 2.05) is 54.6 Å². The average molecular weight is 465 g/mol. The summed E-state index contributed by atoms with van der Waals surface area (Å²) >= 11 is 6.42. The number of benzene rings is 2. The summed E-state index contributed by atoms with van der Waals surface area (Å²) in [6, 6.07) is 19.6. The highest BCUT2D eigenvalue weighted by Crippen LogP contribution is 2.25. The van der Waals surface area contributed by atoms with E-state index in [0.29, 0.717) is 19.6 Å². The van der Waals surface area contributed by atoms with Crippen molar-refractivity contribution in [1.82, 2.24) is 20.5 Å². The van der Waals surface area contributed by atoms with Gasteiger partial charge in [0, 0.05) is 49.6 Å². The second-order valence-electron chi connectivity index (χ2n) is 8.28. The summed E-state index contributed by atoms with van der Waals surface area (Å²) in [6.07, 6.45) is 4.23. The van der Waals surface area contributed by atoms with E-state index in [2.05, 4.69) is 26.6 Å². The fourth-order valence-electron chi connectivity index (χ4n) is 4.20. The molecule has 1 amide bonds. The summed E-state index contributed by atoms with van der Waals surface area (Å²) < 4.78 is 5.33. The maximum Gasteiger partial charge on any atom is 0.237 e. The fraction of sp³-hybridized carbons (Fsp3) is 0.308. The van der Waals surface area contributed by atoms with Gasteiger partial charge in [0.1, 0.15) is 5.75 Å². The third-order valence-electron chi connectivity index (χ3n) is 5.96. The molecule has 1 aromatic heterocycles. The number of hydrogen-bond donors (Lipinski definition) is 2. The number of carbonyl (C=O) groups is 1. The minimum atomic E-state index is -0.235. The molecule has 1 aliphatic heterocycles. The Kier molecular flexibility index (Phi) is 7.94. The van der Waals surface area contributed by atoms with E-state index in [-0.39, 0.29) is 18.0 Å². The van der Waals surface area contributed by atoms with Crippen molar-refractivity contribution in [2.24, 2.45) is 0 Å². The molecule has 2 aromatic carbocycles. The number of pyridine rings is 1. The zero-order chi connectivity index (χ0) is 23.0. The Morgan fingerprint density at radius 1 is 1.12 bits per heavy atom. The van der Waals surface area contributed by atoms with E-state index >= 15 is 0 Å². The van der Waals surface area contributed by atoms with Gasteiger partial charge in [-0.3, -0.25) is 14.7 Å². The van der Waals surface area contributed by atoms with Crippen molar-refractivity contribution < 1.29 is 9.53 Å². The molecule has 0 saturated carbocycles. The summed E-state index contributed by atoms with van der Waals surface area (Å²) in [4.78, 5) is 19.5. The van der Waals surface area contributed by atoms with E-state index in [0.717, 1.165) is 40.4 Å². The van der Waals surface area contributed by atoms with Gasteiger partial charge in [-0.25, -0.2) is 0 Å². The molecule has 7 heteroatoms. The number of ether oxygens (including phenoxy) is 1. The number of nitrogens with one attached hydrogen (secondary N) is 2. The highest BCUT2D eigenvalue weighted by atomic mass is 35.5. The summed E-state index contributed by atoms with van der Waals surface area (Å²) in [5.74, 6) is 0.866. The van der Waals surface area contributed by atoms with Crippen LogP contribution in [-0.4, -0.2) is 41.5 Å². The van der Waals surface area contributed by atoms with E-state index in [9.17, 15) is 4.79 Å². The van der Waals surface area contributed by atoms with Gasteiger partial charge in [-0.1, -0.05) is 48.0 Å². The number of halogens is 1. The maximum atomic E-state index is 13.2. The Morgan fingerprint density at radius 3 is 2.76 bits per heavy atom. The molecule has 3 aromatic rings. The van der Waals surface area contributed by atoms with Crippen LogP contribution in [0.25, 0.3) is 0 Å². The molecule has 6 nitrogen and oxygen atoms in total. The van der Waals surface area contributed by atoms with Crippen LogP contribution >= 0.6 is 11.6 Å². The second-order valence-corrected chi connectivity index (χ2v) is 8.69. The van der Waals surface area contributed by atoms with Crippen LogP contribution in [-0.2, 0) is 24.4 Å². The largest absolute Gasteiger partial charge is 0.497 e. The third kappa shape index (κ3) is 6.32. The van der Waals surface area contributed by atoms with Crippen molar-refractivity contribution >= 4 is 17.5 Å². The van der Waals surface area contributed by atoms with Gasteiger partial charge in [0.2, 0.25) is 5.91 Å². The third-order valence-corrected chi connectivity index (χ3v) is 6.32. The van der Waals surface area contributed by atoms with Crippen molar-refractivity contribution in [2.45, 2.75) is 38.1 Å². The monoisotopic (exact) mass is 464 g/mol. The van der Waals surface area contributed by atoms with Gasteiger partial charge >= 0.3 is 0 Å². The molecular formula is C26H29ClN4O2. The van der Waals surface area contributed by atoms with Crippen LogP contribution in [0, 0.1) is 0 Å². The normalized spacial score (nSPS) is 18.2. The topological polar surface area (TPSA) is 66.5 Å². The van der Waals surface area contributed by atoms with Crippen molar-refractivity contribution in [2.75, 3.05) is 13.7 Å². The van der Waals surface area contributed by atoms with Gasteiger partial charge < -0.3 is 15.4 Å². The molecule has 1 aliphatic rings. The zero-order valence-electron chi connectivity index (χ0n) is 18.7. The van der Waals surface area contributed by atoms with Crippen LogP contribution in [0.3, 0.4) is 0 Å². The van der Waals surface area contributed by atoms with Crippen molar-refractivity contribution in [3.8, 4) is 5.75 Å². The number of nitrogens with zero attached hydrogens (tertiary/aromatic N) is 2. The fourth-order valence-corrected chi connectivity index (χ4v) is 4.39. The highest BCUT2D eigenvalue weighted by Gasteiger charge is 2.36. The SMILES string of the molecule is COc1cccc(CN[C@H]2C[C@@H](C(=O)NCc3cccnc3)N(Cc3ccccc3Cl)C2)c1. The van der Waals surface area contributed by atoms with Crippen LogP contribution in [0.2, 0.25) is 5.02 Å². The molecule has 2 N–H and O–H groups in total. The van der Waals surface area contributed by atoms with E-state index in [4.69, 9.17) is 16.3 Å². The molecular weight excluding hydrogens is 436 g/mol. The van der Waals surface area contributed by atoms with Crippen LogP contribution in [0.4, 0.5) is 0 Å². The quantitative estimate of drug-likeness (QED) is 0.504. The molecule has 0 spiro atoms. The predicted octanol–water partition coefficient (Wildman–Crippen LogP) is 3.79. The lowest BCUT2D eigenvalue weighted by Crippen LogP contribution is -2.42.